The first kappa shape index (κ1) is 20.0. The molecule has 1 aliphatic heterocycles. The van der Waals surface area contributed by atoms with Crippen LogP contribution in [-0.2, 0) is 4.74 Å². The zero-order valence-electron chi connectivity index (χ0n) is 16.8. The summed E-state index contributed by atoms with van der Waals surface area (Å²) in [5.41, 5.74) is 2.08. The summed E-state index contributed by atoms with van der Waals surface area (Å²) in [6.45, 7) is 3.39. The highest BCUT2D eigenvalue weighted by atomic mass is 19.1. The lowest BCUT2D eigenvalue weighted by Gasteiger charge is -2.27. The second-order valence-electron chi connectivity index (χ2n) is 7.05. The Morgan fingerprint density at radius 2 is 2.27 bits per heavy atom. The Hall–Kier alpha value is -3.27. The van der Waals surface area contributed by atoms with Crippen molar-refractivity contribution in [2.45, 2.75) is 25.8 Å². The predicted octanol–water partition coefficient (Wildman–Crippen LogP) is 2.65. The number of rotatable bonds is 6. The van der Waals surface area contributed by atoms with Gasteiger partial charge in [-0.15, -0.1) is 0 Å². The van der Waals surface area contributed by atoms with Crippen molar-refractivity contribution in [2.75, 3.05) is 31.7 Å². The van der Waals surface area contributed by atoms with Gasteiger partial charge in [-0.3, -0.25) is 4.98 Å². The monoisotopic (exact) mass is 414 g/mol. The first-order chi connectivity index (χ1) is 14.6. The lowest BCUT2D eigenvalue weighted by atomic mass is 10.0. The molecule has 0 aromatic carbocycles. The van der Waals surface area contributed by atoms with Gasteiger partial charge in [0.15, 0.2) is 5.75 Å². The minimum absolute atomic E-state index is 0.0206. The second-order valence-corrected chi connectivity index (χ2v) is 7.05. The minimum atomic E-state index is -0.602. The summed E-state index contributed by atoms with van der Waals surface area (Å²) in [6.07, 6.45) is 5.68. The van der Waals surface area contributed by atoms with Crippen LogP contribution in [0.4, 0.5) is 15.0 Å². The van der Waals surface area contributed by atoms with Crippen LogP contribution in [0.15, 0.2) is 30.7 Å². The highest BCUT2D eigenvalue weighted by Gasteiger charge is 2.29. The van der Waals surface area contributed by atoms with Crippen LogP contribution in [0.2, 0.25) is 0 Å². The molecule has 4 heterocycles. The number of anilines is 1. The maximum atomic E-state index is 13.8. The highest BCUT2D eigenvalue weighted by molar-refractivity contribution is 5.73. The number of ether oxygens (including phenoxy) is 2. The van der Waals surface area contributed by atoms with E-state index in [-0.39, 0.29) is 17.6 Å². The van der Waals surface area contributed by atoms with Crippen LogP contribution in [0, 0.1) is 12.7 Å². The summed E-state index contributed by atoms with van der Waals surface area (Å²) in [7, 11) is 1.55. The van der Waals surface area contributed by atoms with Crippen molar-refractivity contribution in [1.29, 1.82) is 0 Å². The maximum absolute atomic E-state index is 13.8. The predicted molar refractivity (Wildman–Crippen MR) is 107 cm³/mol. The lowest BCUT2D eigenvalue weighted by Crippen LogP contribution is -2.29. The van der Waals surface area contributed by atoms with Gasteiger partial charge in [0.25, 0.3) is 0 Å². The van der Waals surface area contributed by atoms with Crippen molar-refractivity contribution in [3.63, 3.8) is 0 Å². The standard InChI is InChI=1S/C20H23FN6O3/c1-13-15(10-14(21)11-23-13)16-4-3-7-26(16)18-5-8-27-19(25-18)17(12-24-27)30-20(28)22-6-9-29-2/h5,8,10-12,16H,3-4,6-7,9H2,1-2H3,(H,22,28)/t16-/m1/s1. The number of hydrogen-bond donors (Lipinski definition) is 1. The lowest BCUT2D eigenvalue weighted by molar-refractivity contribution is 0.180. The molecule has 3 aromatic heterocycles. The van der Waals surface area contributed by atoms with Crippen LogP contribution in [0.3, 0.4) is 0 Å². The molecule has 1 N–H and O–H groups in total. The van der Waals surface area contributed by atoms with Crippen LogP contribution >= 0.6 is 0 Å². The molecule has 0 radical (unpaired) electrons. The van der Waals surface area contributed by atoms with Crippen LogP contribution in [0.5, 0.6) is 5.75 Å². The molecule has 1 atom stereocenters. The molecule has 1 amide bonds. The molecule has 1 fully saturated rings. The van der Waals surface area contributed by atoms with E-state index in [4.69, 9.17) is 9.47 Å². The molecule has 4 rings (SSSR count). The fourth-order valence-corrected chi connectivity index (χ4v) is 3.69. The van der Waals surface area contributed by atoms with Crippen molar-refractivity contribution in [1.82, 2.24) is 24.9 Å². The van der Waals surface area contributed by atoms with E-state index in [2.05, 4.69) is 25.3 Å². The third-order valence-electron chi connectivity index (χ3n) is 5.10. The van der Waals surface area contributed by atoms with E-state index >= 15 is 0 Å². The molecule has 1 aliphatic rings. The van der Waals surface area contributed by atoms with Gasteiger partial charge in [-0.1, -0.05) is 0 Å². The van der Waals surface area contributed by atoms with Gasteiger partial charge in [0, 0.05) is 32.1 Å². The number of carbonyl (C=O) groups is 1. The third-order valence-corrected chi connectivity index (χ3v) is 5.10. The molecular formula is C20H23FN6O3. The normalized spacial score (nSPS) is 16.2. The van der Waals surface area contributed by atoms with Gasteiger partial charge in [0.1, 0.15) is 11.6 Å². The highest BCUT2D eigenvalue weighted by Crippen LogP contribution is 2.37. The number of nitrogens with zero attached hydrogens (tertiary/aromatic N) is 5. The molecule has 0 saturated carbocycles. The Labute approximate surface area is 172 Å². The maximum Gasteiger partial charge on any atom is 0.412 e. The average Bonchev–Trinajstić information content (AvgIpc) is 3.37. The van der Waals surface area contributed by atoms with E-state index in [1.807, 2.05) is 13.0 Å². The van der Waals surface area contributed by atoms with Crippen molar-refractivity contribution in [3.8, 4) is 5.75 Å². The van der Waals surface area contributed by atoms with Gasteiger partial charge >= 0.3 is 6.09 Å². The SMILES string of the molecule is COCCNC(=O)Oc1cnn2ccc(N3CCC[C@@H]3c3cc(F)cnc3C)nc12. The smallest absolute Gasteiger partial charge is 0.405 e. The van der Waals surface area contributed by atoms with E-state index in [9.17, 15) is 9.18 Å². The Balaban J connectivity index is 1.59. The number of aryl methyl sites for hydroxylation is 1. The van der Waals surface area contributed by atoms with Gasteiger partial charge in [0.05, 0.1) is 25.0 Å². The fraction of sp³-hybridized carbons (Fsp3) is 0.400. The van der Waals surface area contributed by atoms with Gasteiger partial charge in [0.2, 0.25) is 5.65 Å². The summed E-state index contributed by atoms with van der Waals surface area (Å²) in [6, 6.07) is 3.37. The number of pyridine rings is 1. The van der Waals surface area contributed by atoms with Crippen molar-refractivity contribution < 1.29 is 18.7 Å². The van der Waals surface area contributed by atoms with E-state index < -0.39 is 6.09 Å². The summed E-state index contributed by atoms with van der Waals surface area (Å²) in [4.78, 5) is 22.9. The van der Waals surface area contributed by atoms with Crippen molar-refractivity contribution in [3.05, 3.63) is 47.8 Å². The summed E-state index contributed by atoms with van der Waals surface area (Å²) < 4.78 is 25.6. The topological polar surface area (TPSA) is 93.9 Å². The Bertz CT molecular complexity index is 1060. The molecule has 9 nitrogen and oxygen atoms in total. The van der Waals surface area contributed by atoms with Crippen LogP contribution in [0.25, 0.3) is 5.65 Å². The molecule has 1 saturated heterocycles. The van der Waals surface area contributed by atoms with E-state index in [0.717, 1.165) is 30.6 Å². The number of methoxy groups -OCH3 is 1. The molecule has 0 aliphatic carbocycles. The van der Waals surface area contributed by atoms with E-state index in [0.29, 0.717) is 24.6 Å². The number of halogens is 1. The van der Waals surface area contributed by atoms with Crippen molar-refractivity contribution in [2.24, 2.45) is 0 Å². The van der Waals surface area contributed by atoms with Crippen molar-refractivity contribution >= 4 is 17.6 Å². The zero-order valence-corrected chi connectivity index (χ0v) is 16.8. The minimum Gasteiger partial charge on any atom is -0.405 e. The van der Waals surface area contributed by atoms with Crippen LogP contribution in [0.1, 0.15) is 30.1 Å². The fourth-order valence-electron chi connectivity index (χ4n) is 3.69. The number of hydrogen-bond acceptors (Lipinski definition) is 7. The zero-order chi connectivity index (χ0) is 21.1. The number of nitrogens with one attached hydrogen (secondary N) is 1. The number of amides is 1. The molecule has 0 unspecified atom stereocenters. The van der Waals surface area contributed by atoms with Gasteiger partial charge in [-0.05, 0) is 37.5 Å². The molecular weight excluding hydrogens is 391 g/mol. The summed E-state index contributed by atoms with van der Waals surface area (Å²) in [5, 5.41) is 6.78. The average molecular weight is 414 g/mol. The number of aromatic nitrogens is 4. The van der Waals surface area contributed by atoms with Gasteiger partial charge in [-0.25, -0.2) is 18.7 Å². The quantitative estimate of drug-likeness (QED) is 0.620. The molecule has 158 valence electrons. The molecule has 3 aromatic rings. The summed E-state index contributed by atoms with van der Waals surface area (Å²) in [5.74, 6) is 0.613. The van der Waals surface area contributed by atoms with Gasteiger partial charge < -0.3 is 19.7 Å². The third kappa shape index (κ3) is 4.04. The first-order valence-corrected chi connectivity index (χ1v) is 9.74. The number of fused-ring (bicyclic) bond motifs is 1. The Morgan fingerprint density at radius 1 is 1.40 bits per heavy atom. The van der Waals surface area contributed by atoms with Gasteiger partial charge in [-0.2, -0.15) is 5.10 Å². The molecule has 10 heteroatoms. The molecule has 0 spiro atoms. The summed E-state index contributed by atoms with van der Waals surface area (Å²) >= 11 is 0. The molecule has 30 heavy (non-hydrogen) atoms. The largest absolute Gasteiger partial charge is 0.412 e. The van der Waals surface area contributed by atoms with Crippen LogP contribution in [-0.4, -0.2) is 52.5 Å². The number of carbonyl (C=O) groups excluding carboxylic acids is 1. The van der Waals surface area contributed by atoms with E-state index in [1.165, 1.54) is 12.4 Å². The Kier molecular flexibility index (Phi) is 5.75. The second kappa shape index (κ2) is 8.62. The molecule has 0 bridgehead atoms. The van der Waals surface area contributed by atoms with Crippen LogP contribution < -0.4 is 15.0 Å². The van der Waals surface area contributed by atoms with E-state index in [1.54, 1.807) is 23.9 Å². The first-order valence-electron chi connectivity index (χ1n) is 9.74. The Morgan fingerprint density at radius 3 is 3.10 bits per heavy atom.